The van der Waals surface area contributed by atoms with E-state index in [4.69, 9.17) is 10.00 Å². The second-order valence-electron chi connectivity index (χ2n) is 4.50. The van der Waals surface area contributed by atoms with Crippen molar-refractivity contribution < 1.29 is 19.0 Å². The third-order valence-electron chi connectivity index (χ3n) is 3.04. The van der Waals surface area contributed by atoms with Crippen LogP contribution in [0.15, 0.2) is 48.0 Å². The quantitative estimate of drug-likeness (QED) is 0.671. The Morgan fingerprint density at radius 3 is 2.70 bits per heavy atom. The van der Waals surface area contributed by atoms with Crippen molar-refractivity contribution in [2.24, 2.45) is 0 Å². The Bertz CT molecular complexity index is 810. The molecule has 0 radical (unpaired) electrons. The molecule has 0 spiro atoms. The number of para-hydroxylation sites is 2. The van der Waals surface area contributed by atoms with Gasteiger partial charge in [0, 0.05) is 5.56 Å². The van der Waals surface area contributed by atoms with Crippen LogP contribution in [0.25, 0.3) is 6.08 Å². The lowest BCUT2D eigenvalue weighted by molar-refractivity contribution is -0.112. The van der Waals surface area contributed by atoms with Crippen LogP contribution in [0.5, 0.6) is 11.5 Å². The molecule has 0 saturated heterocycles. The summed E-state index contributed by atoms with van der Waals surface area (Å²) in [6, 6.07) is 12.0. The predicted octanol–water partition coefficient (Wildman–Crippen LogP) is 3.09. The Balaban J connectivity index is 2.31. The molecule has 2 rings (SSSR count). The van der Waals surface area contributed by atoms with E-state index in [1.165, 1.54) is 43.5 Å². The van der Waals surface area contributed by atoms with Gasteiger partial charge in [-0.15, -0.1) is 0 Å². The second-order valence-corrected chi connectivity index (χ2v) is 4.50. The summed E-state index contributed by atoms with van der Waals surface area (Å²) in [5, 5.41) is 21.4. The lowest BCUT2D eigenvalue weighted by Gasteiger charge is -2.07. The van der Waals surface area contributed by atoms with Crippen molar-refractivity contribution in [2.75, 3.05) is 12.4 Å². The Morgan fingerprint density at radius 1 is 1.30 bits per heavy atom. The molecule has 0 bridgehead atoms. The fourth-order valence-electron chi connectivity index (χ4n) is 1.88. The van der Waals surface area contributed by atoms with Crippen LogP contribution in [-0.2, 0) is 4.79 Å². The van der Waals surface area contributed by atoms with Crippen LogP contribution in [0.4, 0.5) is 10.1 Å². The first kappa shape index (κ1) is 16.0. The number of methoxy groups -OCH3 is 1. The van der Waals surface area contributed by atoms with Gasteiger partial charge in [-0.05, 0) is 24.3 Å². The number of phenolic OH excluding ortho intramolecular Hbond substituents is 1. The summed E-state index contributed by atoms with van der Waals surface area (Å²) in [5.41, 5.74) is -0.0742. The van der Waals surface area contributed by atoms with Crippen molar-refractivity contribution >= 4 is 17.7 Å². The number of benzene rings is 2. The molecule has 2 aromatic rings. The van der Waals surface area contributed by atoms with E-state index >= 15 is 0 Å². The molecule has 6 heteroatoms. The molecule has 0 fully saturated rings. The van der Waals surface area contributed by atoms with Crippen molar-refractivity contribution in [2.45, 2.75) is 0 Å². The fraction of sp³-hybridized carbons (Fsp3) is 0.0588. The molecule has 0 aliphatic carbocycles. The summed E-state index contributed by atoms with van der Waals surface area (Å²) < 4.78 is 18.5. The van der Waals surface area contributed by atoms with E-state index in [1.54, 1.807) is 18.2 Å². The number of carbonyl (C=O) groups excluding carboxylic acids is 1. The molecule has 0 aliphatic heterocycles. The summed E-state index contributed by atoms with van der Waals surface area (Å²) in [5.74, 6) is -1.37. The number of carbonyl (C=O) groups is 1. The number of hydrogen-bond donors (Lipinski definition) is 2. The summed E-state index contributed by atoms with van der Waals surface area (Å²) in [4.78, 5) is 12.1. The van der Waals surface area contributed by atoms with Gasteiger partial charge in [0.25, 0.3) is 5.91 Å². The molecule has 0 saturated carbocycles. The molecule has 2 aromatic carbocycles. The summed E-state index contributed by atoms with van der Waals surface area (Å²) in [6.45, 7) is 0. The first-order valence-corrected chi connectivity index (χ1v) is 6.60. The van der Waals surface area contributed by atoms with E-state index < -0.39 is 11.7 Å². The fourth-order valence-corrected chi connectivity index (χ4v) is 1.88. The maximum Gasteiger partial charge on any atom is 0.266 e. The minimum atomic E-state index is -0.778. The van der Waals surface area contributed by atoms with Crippen LogP contribution in [0.3, 0.4) is 0 Å². The number of rotatable bonds is 4. The number of aromatic hydroxyl groups is 1. The van der Waals surface area contributed by atoms with Gasteiger partial charge in [-0.3, -0.25) is 4.79 Å². The number of phenols is 1. The molecule has 5 nitrogen and oxygen atoms in total. The number of anilines is 1. The number of nitriles is 1. The van der Waals surface area contributed by atoms with E-state index in [2.05, 4.69) is 5.32 Å². The van der Waals surface area contributed by atoms with Crippen LogP contribution >= 0.6 is 0 Å². The van der Waals surface area contributed by atoms with E-state index in [-0.39, 0.29) is 28.3 Å². The minimum absolute atomic E-state index is 0.0338. The van der Waals surface area contributed by atoms with Crippen LogP contribution < -0.4 is 10.1 Å². The summed E-state index contributed by atoms with van der Waals surface area (Å²) in [6.07, 6.45) is 1.20. The Kier molecular flexibility index (Phi) is 4.95. The smallest absolute Gasteiger partial charge is 0.266 e. The number of ether oxygens (including phenoxy) is 1. The molecule has 0 aromatic heterocycles. The number of halogens is 1. The van der Waals surface area contributed by atoms with Crippen molar-refractivity contribution in [3.05, 3.63) is 59.4 Å². The third-order valence-corrected chi connectivity index (χ3v) is 3.04. The van der Waals surface area contributed by atoms with Gasteiger partial charge < -0.3 is 15.2 Å². The molecule has 0 heterocycles. The molecule has 0 unspecified atom stereocenters. The lowest BCUT2D eigenvalue weighted by atomic mass is 10.1. The predicted molar refractivity (Wildman–Crippen MR) is 83.3 cm³/mol. The Morgan fingerprint density at radius 2 is 2.04 bits per heavy atom. The first-order valence-electron chi connectivity index (χ1n) is 6.60. The van der Waals surface area contributed by atoms with Crippen LogP contribution in [0.2, 0.25) is 0 Å². The topological polar surface area (TPSA) is 82.3 Å². The number of nitrogens with zero attached hydrogens (tertiary/aromatic N) is 1. The van der Waals surface area contributed by atoms with Crippen LogP contribution in [0, 0.1) is 17.1 Å². The lowest BCUT2D eigenvalue weighted by Crippen LogP contribution is -2.14. The zero-order valence-corrected chi connectivity index (χ0v) is 12.2. The Hall–Kier alpha value is -3.33. The average molecular weight is 312 g/mol. The van der Waals surface area contributed by atoms with Gasteiger partial charge >= 0.3 is 0 Å². The highest BCUT2D eigenvalue weighted by molar-refractivity contribution is 6.09. The second kappa shape index (κ2) is 7.09. The normalized spacial score (nSPS) is 10.7. The molecule has 1 amide bonds. The highest BCUT2D eigenvalue weighted by atomic mass is 19.1. The number of hydrogen-bond acceptors (Lipinski definition) is 4. The van der Waals surface area contributed by atoms with Crippen LogP contribution in [-0.4, -0.2) is 18.1 Å². The van der Waals surface area contributed by atoms with Crippen molar-refractivity contribution in [3.8, 4) is 17.6 Å². The molecule has 116 valence electrons. The molecule has 0 atom stereocenters. The van der Waals surface area contributed by atoms with Gasteiger partial charge in [0.2, 0.25) is 0 Å². The first-order chi connectivity index (χ1) is 11.1. The third kappa shape index (κ3) is 3.66. The van der Waals surface area contributed by atoms with E-state index in [1.807, 2.05) is 0 Å². The van der Waals surface area contributed by atoms with Crippen LogP contribution in [0.1, 0.15) is 5.56 Å². The monoisotopic (exact) mass is 312 g/mol. The van der Waals surface area contributed by atoms with Gasteiger partial charge in [-0.1, -0.05) is 24.3 Å². The molecule has 0 aliphatic rings. The standard InChI is InChI=1S/C17H13FN2O3/c1-23-15-8-4-5-11(16(15)21)9-12(10-19)17(22)20-14-7-3-2-6-13(14)18/h2-9,21H,1H3,(H,20,22)/b12-9+. The summed E-state index contributed by atoms with van der Waals surface area (Å²) >= 11 is 0. The molecular formula is C17H13FN2O3. The SMILES string of the molecule is COc1cccc(/C=C(\C#N)C(=O)Nc2ccccc2F)c1O. The summed E-state index contributed by atoms with van der Waals surface area (Å²) in [7, 11) is 1.39. The zero-order chi connectivity index (χ0) is 16.8. The van der Waals surface area contributed by atoms with Crippen molar-refractivity contribution in [3.63, 3.8) is 0 Å². The van der Waals surface area contributed by atoms with Crippen molar-refractivity contribution in [1.29, 1.82) is 5.26 Å². The Labute approximate surface area is 132 Å². The van der Waals surface area contributed by atoms with Gasteiger partial charge in [-0.25, -0.2) is 4.39 Å². The van der Waals surface area contributed by atoms with E-state index in [9.17, 15) is 14.3 Å². The van der Waals surface area contributed by atoms with E-state index in [0.29, 0.717) is 0 Å². The highest BCUT2D eigenvalue weighted by Crippen LogP contribution is 2.31. The minimum Gasteiger partial charge on any atom is -0.504 e. The largest absolute Gasteiger partial charge is 0.504 e. The average Bonchev–Trinajstić information content (AvgIpc) is 2.56. The maximum absolute atomic E-state index is 13.5. The van der Waals surface area contributed by atoms with Gasteiger partial charge in [0.1, 0.15) is 17.5 Å². The van der Waals surface area contributed by atoms with E-state index in [0.717, 1.165) is 0 Å². The number of nitrogens with one attached hydrogen (secondary N) is 1. The molecular weight excluding hydrogens is 299 g/mol. The van der Waals surface area contributed by atoms with Gasteiger partial charge in [0.15, 0.2) is 11.5 Å². The molecule has 23 heavy (non-hydrogen) atoms. The maximum atomic E-state index is 13.5. The number of amides is 1. The highest BCUT2D eigenvalue weighted by Gasteiger charge is 2.13. The zero-order valence-electron chi connectivity index (χ0n) is 12.2. The van der Waals surface area contributed by atoms with Crippen molar-refractivity contribution in [1.82, 2.24) is 0 Å². The van der Waals surface area contributed by atoms with Gasteiger partial charge in [-0.2, -0.15) is 5.26 Å². The molecule has 2 N–H and O–H groups in total. The van der Waals surface area contributed by atoms with Gasteiger partial charge in [0.05, 0.1) is 12.8 Å².